The number of ether oxygens (including phenoxy) is 1. The molecule has 1 N–H and O–H groups in total. The highest BCUT2D eigenvalue weighted by Gasteiger charge is 2.19. The maximum Gasteiger partial charge on any atom is 0.326 e. The molecule has 0 saturated heterocycles. The molecule has 2 aromatic carbocycles. The molecule has 0 bridgehead atoms. The smallest absolute Gasteiger partial charge is 0.326 e. The molecule has 1 heterocycles. The van der Waals surface area contributed by atoms with Crippen LogP contribution in [-0.4, -0.2) is 27.5 Å². The quantitative estimate of drug-likeness (QED) is 0.682. The Kier molecular flexibility index (Phi) is 5.52. The number of hydrogen-bond donors (Lipinski definition) is 1. The number of nitrogens with one attached hydrogen (secondary N) is 1. The van der Waals surface area contributed by atoms with Crippen molar-refractivity contribution in [3.05, 3.63) is 70.2 Å². The fraction of sp³-hybridized carbons (Fsp3) is 0.158. The van der Waals surface area contributed by atoms with Crippen LogP contribution in [0, 0.1) is 0 Å². The van der Waals surface area contributed by atoms with Gasteiger partial charge in [-0.15, -0.1) is 0 Å². The standard InChI is InChI=1S/C19H16ClN3O4/c1-12(18(25)22-14-8-6-13(20)7-9-14)27-17(24)10-23-11-21-16-5-3-2-4-15(16)19(23)26/h2-9,11-12H,10H2,1H3,(H,22,25)/t12-/m1/s1. The first-order valence-electron chi connectivity index (χ1n) is 8.14. The molecule has 7 nitrogen and oxygen atoms in total. The van der Waals surface area contributed by atoms with Gasteiger partial charge in [0.05, 0.1) is 17.2 Å². The summed E-state index contributed by atoms with van der Waals surface area (Å²) in [6.45, 7) is 1.11. The number of benzene rings is 2. The molecule has 27 heavy (non-hydrogen) atoms. The SMILES string of the molecule is C[C@@H](OC(=O)Cn1cnc2ccccc2c1=O)C(=O)Nc1ccc(Cl)cc1. The molecule has 0 aliphatic rings. The Hall–Kier alpha value is -3.19. The predicted molar refractivity (Wildman–Crippen MR) is 102 cm³/mol. The van der Waals surface area contributed by atoms with E-state index in [1.807, 2.05) is 0 Å². The van der Waals surface area contributed by atoms with E-state index in [9.17, 15) is 14.4 Å². The van der Waals surface area contributed by atoms with Crippen LogP contribution in [0.1, 0.15) is 6.92 Å². The minimum Gasteiger partial charge on any atom is -0.451 e. The summed E-state index contributed by atoms with van der Waals surface area (Å²) >= 11 is 5.79. The van der Waals surface area contributed by atoms with E-state index in [1.165, 1.54) is 13.3 Å². The minimum atomic E-state index is -1.03. The van der Waals surface area contributed by atoms with Crippen LogP contribution in [0.4, 0.5) is 5.69 Å². The lowest BCUT2D eigenvalue weighted by atomic mass is 10.2. The first kappa shape index (κ1) is 18.6. The molecule has 0 spiro atoms. The summed E-state index contributed by atoms with van der Waals surface area (Å²) in [7, 11) is 0. The predicted octanol–water partition coefficient (Wildman–Crippen LogP) is 2.62. The number of para-hydroxylation sites is 1. The van der Waals surface area contributed by atoms with Gasteiger partial charge in [-0.3, -0.25) is 19.0 Å². The normalized spacial score (nSPS) is 11.8. The third-order valence-electron chi connectivity index (χ3n) is 3.82. The van der Waals surface area contributed by atoms with Gasteiger partial charge in [0.15, 0.2) is 6.10 Å². The summed E-state index contributed by atoms with van der Waals surface area (Å²) in [6, 6.07) is 13.4. The minimum absolute atomic E-state index is 0.338. The molecule has 0 saturated carbocycles. The second-order valence-corrected chi connectivity index (χ2v) is 6.26. The lowest BCUT2D eigenvalue weighted by Gasteiger charge is -2.14. The van der Waals surface area contributed by atoms with Crippen molar-refractivity contribution in [1.82, 2.24) is 9.55 Å². The van der Waals surface area contributed by atoms with Gasteiger partial charge < -0.3 is 10.1 Å². The average Bonchev–Trinajstić information content (AvgIpc) is 2.66. The Morgan fingerprint density at radius 1 is 1.19 bits per heavy atom. The second kappa shape index (κ2) is 8.01. The number of carbonyl (C=O) groups excluding carboxylic acids is 2. The van der Waals surface area contributed by atoms with E-state index in [1.54, 1.807) is 48.5 Å². The number of aromatic nitrogens is 2. The van der Waals surface area contributed by atoms with Gasteiger partial charge >= 0.3 is 5.97 Å². The molecule has 1 atom stereocenters. The topological polar surface area (TPSA) is 90.3 Å². The summed E-state index contributed by atoms with van der Waals surface area (Å²) in [4.78, 5) is 40.7. The van der Waals surface area contributed by atoms with Crippen molar-refractivity contribution in [2.75, 3.05) is 5.32 Å². The van der Waals surface area contributed by atoms with Crippen LogP contribution in [-0.2, 0) is 20.9 Å². The van der Waals surface area contributed by atoms with Gasteiger partial charge in [0, 0.05) is 10.7 Å². The zero-order valence-electron chi connectivity index (χ0n) is 14.4. The summed E-state index contributed by atoms with van der Waals surface area (Å²) in [5, 5.41) is 3.57. The third-order valence-corrected chi connectivity index (χ3v) is 4.07. The molecule has 8 heteroatoms. The maximum atomic E-state index is 12.4. The number of halogens is 1. The van der Waals surface area contributed by atoms with Crippen LogP contribution in [0.15, 0.2) is 59.7 Å². The summed E-state index contributed by atoms with van der Waals surface area (Å²) < 4.78 is 6.26. The van der Waals surface area contributed by atoms with Gasteiger partial charge in [-0.1, -0.05) is 23.7 Å². The molecule has 3 rings (SSSR count). The van der Waals surface area contributed by atoms with E-state index in [2.05, 4.69) is 10.3 Å². The molecular formula is C19H16ClN3O4. The highest BCUT2D eigenvalue weighted by molar-refractivity contribution is 6.30. The third kappa shape index (κ3) is 4.51. The van der Waals surface area contributed by atoms with Gasteiger partial charge in [0.25, 0.3) is 11.5 Å². The zero-order chi connectivity index (χ0) is 19.4. The Bertz CT molecular complexity index is 1050. The van der Waals surface area contributed by atoms with Crippen molar-refractivity contribution >= 4 is 40.1 Å². The Labute approximate surface area is 159 Å². The Morgan fingerprint density at radius 3 is 2.63 bits per heavy atom. The van der Waals surface area contributed by atoms with Crippen molar-refractivity contribution in [2.45, 2.75) is 19.6 Å². The van der Waals surface area contributed by atoms with Gasteiger partial charge in [0.2, 0.25) is 0 Å². The second-order valence-electron chi connectivity index (χ2n) is 5.82. The average molecular weight is 386 g/mol. The fourth-order valence-corrected chi connectivity index (χ4v) is 2.55. The molecule has 138 valence electrons. The molecule has 1 amide bonds. The van der Waals surface area contributed by atoms with Gasteiger partial charge in [-0.05, 0) is 43.3 Å². The van der Waals surface area contributed by atoms with Crippen LogP contribution in [0.3, 0.4) is 0 Å². The highest BCUT2D eigenvalue weighted by atomic mass is 35.5. The molecular weight excluding hydrogens is 370 g/mol. The van der Waals surface area contributed by atoms with E-state index >= 15 is 0 Å². The molecule has 0 aliphatic heterocycles. The van der Waals surface area contributed by atoms with E-state index in [0.29, 0.717) is 21.6 Å². The maximum absolute atomic E-state index is 12.4. The van der Waals surface area contributed by atoms with Crippen molar-refractivity contribution in [3.63, 3.8) is 0 Å². The monoisotopic (exact) mass is 385 g/mol. The molecule has 3 aromatic rings. The van der Waals surface area contributed by atoms with E-state index in [4.69, 9.17) is 16.3 Å². The largest absolute Gasteiger partial charge is 0.451 e. The number of rotatable bonds is 5. The molecule has 0 aliphatic carbocycles. The summed E-state index contributed by atoms with van der Waals surface area (Å²) in [5.74, 6) is -1.21. The summed E-state index contributed by atoms with van der Waals surface area (Å²) in [6.07, 6.45) is 0.252. The lowest BCUT2D eigenvalue weighted by Crippen LogP contribution is -2.33. The van der Waals surface area contributed by atoms with Crippen LogP contribution in [0.5, 0.6) is 0 Å². The fourth-order valence-electron chi connectivity index (χ4n) is 2.42. The first-order chi connectivity index (χ1) is 12.9. The van der Waals surface area contributed by atoms with Crippen LogP contribution in [0.25, 0.3) is 10.9 Å². The van der Waals surface area contributed by atoms with Crippen LogP contribution >= 0.6 is 11.6 Å². The van der Waals surface area contributed by atoms with Crippen LogP contribution < -0.4 is 10.9 Å². The molecule has 1 aromatic heterocycles. The Morgan fingerprint density at radius 2 is 1.89 bits per heavy atom. The molecule has 0 radical (unpaired) electrons. The number of fused-ring (bicyclic) bond motifs is 1. The zero-order valence-corrected chi connectivity index (χ0v) is 15.1. The molecule has 0 unspecified atom stereocenters. The molecule has 0 fully saturated rings. The number of anilines is 1. The number of hydrogen-bond acceptors (Lipinski definition) is 5. The van der Waals surface area contributed by atoms with Gasteiger partial charge in [0.1, 0.15) is 6.54 Å². The van der Waals surface area contributed by atoms with Crippen molar-refractivity contribution in [1.29, 1.82) is 0 Å². The number of amides is 1. The number of nitrogens with zero attached hydrogens (tertiary/aromatic N) is 2. The van der Waals surface area contributed by atoms with Gasteiger partial charge in [-0.2, -0.15) is 0 Å². The Balaban J connectivity index is 1.63. The summed E-state index contributed by atoms with van der Waals surface area (Å²) in [5.41, 5.74) is 0.723. The van der Waals surface area contributed by atoms with Crippen molar-refractivity contribution in [2.24, 2.45) is 0 Å². The first-order valence-corrected chi connectivity index (χ1v) is 8.52. The van der Waals surface area contributed by atoms with E-state index < -0.39 is 18.0 Å². The lowest BCUT2D eigenvalue weighted by molar-refractivity contribution is -0.153. The van der Waals surface area contributed by atoms with E-state index in [-0.39, 0.29) is 12.1 Å². The van der Waals surface area contributed by atoms with Crippen molar-refractivity contribution in [3.8, 4) is 0 Å². The number of carbonyl (C=O) groups is 2. The van der Waals surface area contributed by atoms with Gasteiger partial charge in [-0.25, -0.2) is 4.98 Å². The van der Waals surface area contributed by atoms with Crippen molar-refractivity contribution < 1.29 is 14.3 Å². The number of esters is 1. The van der Waals surface area contributed by atoms with E-state index in [0.717, 1.165) is 4.57 Å². The van der Waals surface area contributed by atoms with Crippen LogP contribution in [0.2, 0.25) is 5.02 Å². The highest BCUT2D eigenvalue weighted by Crippen LogP contribution is 2.14.